The molecule has 6 heteroatoms. The zero-order valence-corrected chi connectivity index (χ0v) is 16.8. The minimum absolute atomic E-state index is 0. The van der Waals surface area contributed by atoms with Gasteiger partial charge in [0.15, 0.2) is 5.96 Å². The number of nitrogens with zero attached hydrogens (tertiary/aromatic N) is 2. The molecule has 2 heterocycles. The van der Waals surface area contributed by atoms with Gasteiger partial charge in [-0.15, -0.1) is 24.0 Å². The van der Waals surface area contributed by atoms with Crippen molar-refractivity contribution < 1.29 is 4.74 Å². The molecule has 0 radical (unpaired) electrons. The smallest absolute Gasteiger partial charge is 0.190 e. The highest BCUT2D eigenvalue weighted by Crippen LogP contribution is 2.25. The Morgan fingerprint density at radius 2 is 1.96 bits per heavy atom. The average molecular weight is 452 g/mol. The first kappa shape index (κ1) is 19.5. The Morgan fingerprint density at radius 3 is 2.68 bits per heavy atom. The first-order valence-electron chi connectivity index (χ1n) is 8.43. The van der Waals surface area contributed by atoms with Gasteiger partial charge in [-0.25, -0.2) is 0 Å². The van der Waals surface area contributed by atoms with E-state index in [9.17, 15) is 0 Å². The Labute approximate surface area is 166 Å². The minimum atomic E-state index is 0. The monoisotopic (exact) mass is 452 g/mol. The summed E-state index contributed by atoms with van der Waals surface area (Å²) in [5, 5.41) is 6.70. The van der Waals surface area contributed by atoms with Crippen molar-refractivity contribution in [2.75, 3.05) is 26.7 Å². The van der Waals surface area contributed by atoms with E-state index >= 15 is 0 Å². The Hall–Kier alpha value is -1.83. The van der Waals surface area contributed by atoms with E-state index < -0.39 is 0 Å². The van der Waals surface area contributed by atoms with Gasteiger partial charge in [0.25, 0.3) is 0 Å². The van der Waals surface area contributed by atoms with Crippen LogP contribution in [0, 0.1) is 0 Å². The topological polar surface area (TPSA) is 58.5 Å². The lowest BCUT2D eigenvalue weighted by Crippen LogP contribution is -2.39. The first-order chi connectivity index (χ1) is 11.8. The van der Waals surface area contributed by atoms with Crippen LogP contribution in [0.4, 0.5) is 0 Å². The normalized spacial score (nSPS) is 12.8. The van der Waals surface area contributed by atoms with Gasteiger partial charge < -0.3 is 15.4 Å². The Bertz CT molecular complexity index is 691. The predicted molar refractivity (Wildman–Crippen MR) is 112 cm³/mol. The third-order valence-electron chi connectivity index (χ3n) is 4.11. The highest BCUT2D eigenvalue weighted by Gasteiger charge is 2.11. The second-order valence-corrected chi connectivity index (χ2v) is 5.83. The zero-order valence-electron chi connectivity index (χ0n) is 14.5. The van der Waals surface area contributed by atoms with Gasteiger partial charge in [-0.1, -0.05) is 18.2 Å². The third-order valence-corrected chi connectivity index (χ3v) is 4.11. The molecule has 0 fully saturated rings. The molecule has 25 heavy (non-hydrogen) atoms. The molecular weight excluding hydrogens is 427 g/mol. The first-order valence-corrected chi connectivity index (χ1v) is 8.43. The molecule has 1 aromatic heterocycles. The van der Waals surface area contributed by atoms with Crippen molar-refractivity contribution in [1.82, 2.24) is 15.6 Å². The van der Waals surface area contributed by atoms with E-state index in [1.807, 2.05) is 12.3 Å². The summed E-state index contributed by atoms with van der Waals surface area (Å²) in [6.07, 6.45) is 6.61. The van der Waals surface area contributed by atoms with E-state index in [-0.39, 0.29) is 24.0 Å². The molecule has 0 unspecified atom stereocenters. The van der Waals surface area contributed by atoms with Crippen LogP contribution in [0.15, 0.2) is 47.7 Å². The standard InChI is InChI=1S/C19H24N4O.HI/c1-20-19(23-11-7-16-3-2-9-21-14-16)22-10-6-15-4-5-18-17(13-15)8-12-24-18;/h2-5,9,13-14H,6-8,10-12H2,1H3,(H2,20,22,23);1H. The highest BCUT2D eigenvalue weighted by atomic mass is 127. The van der Waals surface area contributed by atoms with Crippen LogP contribution in [-0.2, 0) is 19.3 Å². The van der Waals surface area contributed by atoms with Crippen LogP contribution in [0.25, 0.3) is 0 Å². The van der Waals surface area contributed by atoms with Crippen LogP contribution in [0.1, 0.15) is 16.7 Å². The van der Waals surface area contributed by atoms with Gasteiger partial charge in [0, 0.05) is 39.0 Å². The number of halogens is 1. The maximum atomic E-state index is 5.55. The summed E-state index contributed by atoms with van der Waals surface area (Å²) < 4.78 is 5.55. The largest absolute Gasteiger partial charge is 0.493 e. The summed E-state index contributed by atoms with van der Waals surface area (Å²) in [6, 6.07) is 10.5. The molecule has 1 aliphatic heterocycles. The van der Waals surface area contributed by atoms with Crippen LogP contribution in [-0.4, -0.2) is 37.7 Å². The van der Waals surface area contributed by atoms with Crippen LogP contribution in [0.3, 0.4) is 0 Å². The summed E-state index contributed by atoms with van der Waals surface area (Å²) in [5.41, 5.74) is 3.88. The van der Waals surface area contributed by atoms with Gasteiger partial charge in [-0.2, -0.15) is 0 Å². The second-order valence-electron chi connectivity index (χ2n) is 5.83. The quantitative estimate of drug-likeness (QED) is 0.402. The Balaban J connectivity index is 0.00000225. The summed E-state index contributed by atoms with van der Waals surface area (Å²) in [7, 11) is 1.80. The summed E-state index contributed by atoms with van der Waals surface area (Å²) >= 11 is 0. The second kappa shape index (κ2) is 10.2. The number of aliphatic imine (C=N–C) groups is 1. The van der Waals surface area contributed by atoms with Gasteiger partial charge in [0.2, 0.25) is 0 Å². The van der Waals surface area contributed by atoms with Crippen LogP contribution >= 0.6 is 24.0 Å². The number of fused-ring (bicyclic) bond motifs is 1. The van der Waals surface area contributed by atoms with Crippen molar-refractivity contribution in [3.8, 4) is 5.75 Å². The van der Waals surface area contributed by atoms with Crippen molar-refractivity contribution in [2.45, 2.75) is 19.3 Å². The van der Waals surface area contributed by atoms with Gasteiger partial charge in [0.1, 0.15) is 5.75 Å². The molecule has 2 N–H and O–H groups in total. The molecule has 5 nitrogen and oxygen atoms in total. The molecule has 1 aliphatic rings. The number of hydrogen-bond acceptors (Lipinski definition) is 3. The molecule has 0 saturated heterocycles. The molecule has 1 aromatic carbocycles. The number of pyridine rings is 1. The molecule has 134 valence electrons. The molecular formula is C19H25IN4O. The Kier molecular flexibility index (Phi) is 7.97. The van der Waals surface area contributed by atoms with Gasteiger partial charge >= 0.3 is 0 Å². The molecule has 0 bridgehead atoms. The van der Waals surface area contributed by atoms with Crippen molar-refractivity contribution in [3.63, 3.8) is 0 Å². The number of benzene rings is 1. The van der Waals surface area contributed by atoms with Crippen molar-refractivity contribution in [1.29, 1.82) is 0 Å². The van der Waals surface area contributed by atoms with Crippen LogP contribution < -0.4 is 15.4 Å². The molecule has 0 saturated carbocycles. The number of rotatable bonds is 6. The summed E-state index contributed by atoms with van der Waals surface area (Å²) in [6.45, 7) is 2.50. The number of aromatic nitrogens is 1. The van der Waals surface area contributed by atoms with E-state index in [1.54, 1.807) is 13.2 Å². The lowest BCUT2D eigenvalue weighted by molar-refractivity contribution is 0.357. The molecule has 3 rings (SSSR count). The van der Waals surface area contributed by atoms with Crippen LogP contribution in [0.2, 0.25) is 0 Å². The fourth-order valence-electron chi connectivity index (χ4n) is 2.81. The van der Waals surface area contributed by atoms with Crippen molar-refractivity contribution >= 4 is 29.9 Å². The predicted octanol–water partition coefficient (Wildman–Crippen LogP) is 2.58. The number of hydrogen-bond donors (Lipinski definition) is 2. The third kappa shape index (κ3) is 5.88. The molecule has 0 spiro atoms. The SMILES string of the molecule is CN=C(NCCc1cccnc1)NCCc1ccc2c(c1)CCO2.I. The number of ether oxygens (including phenoxy) is 1. The van der Waals surface area contributed by atoms with E-state index in [1.165, 1.54) is 16.7 Å². The Morgan fingerprint density at radius 1 is 1.16 bits per heavy atom. The molecule has 0 aliphatic carbocycles. The van der Waals surface area contributed by atoms with Crippen molar-refractivity contribution in [2.24, 2.45) is 4.99 Å². The van der Waals surface area contributed by atoms with E-state index in [4.69, 9.17) is 4.74 Å². The van der Waals surface area contributed by atoms with E-state index in [0.29, 0.717) is 0 Å². The maximum absolute atomic E-state index is 5.55. The van der Waals surface area contributed by atoms with Gasteiger partial charge in [-0.3, -0.25) is 9.98 Å². The van der Waals surface area contributed by atoms with E-state index in [2.05, 4.69) is 44.9 Å². The highest BCUT2D eigenvalue weighted by molar-refractivity contribution is 14.0. The summed E-state index contributed by atoms with van der Waals surface area (Å²) in [4.78, 5) is 8.39. The lowest BCUT2D eigenvalue weighted by Gasteiger charge is -2.12. The average Bonchev–Trinajstić information content (AvgIpc) is 3.09. The van der Waals surface area contributed by atoms with E-state index in [0.717, 1.165) is 50.7 Å². The van der Waals surface area contributed by atoms with Crippen LogP contribution in [0.5, 0.6) is 5.75 Å². The maximum Gasteiger partial charge on any atom is 0.190 e. The molecule has 2 aromatic rings. The van der Waals surface area contributed by atoms with Gasteiger partial charge in [0.05, 0.1) is 6.61 Å². The lowest BCUT2D eigenvalue weighted by atomic mass is 10.1. The molecule has 0 amide bonds. The fraction of sp³-hybridized carbons (Fsp3) is 0.368. The minimum Gasteiger partial charge on any atom is -0.493 e. The summed E-state index contributed by atoms with van der Waals surface area (Å²) in [5.74, 6) is 1.88. The number of guanidine groups is 1. The van der Waals surface area contributed by atoms with Crippen molar-refractivity contribution in [3.05, 3.63) is 59.4 Å². The number of nitrogens with one attached hydrogen (secondary N) is 2. The molecule has 0 atom stereocenters. The fourth-order valence-corrected chi connectivity index (χ4v) is 2.81. The van der Waals surface area contributed by atoms with Gasteiger partial charge in [-0.05, 0) is 41.7 Å². The zero-order chi connectivity index (χ0) is 16.6.